The van der Waals surface area contributed by atoms with E-state index in [-0.39, 0.29) is 11.6 Å². The number of nitrogens with zero attached hydrogens (tertiary/aromatic N) is 2. The van der Waals surface area contributed by atoms with Gasteiger partial charge in [0.2, 0.25) is 0 Å². The van der Waals surface area contributed by atoms with Crippen LogP contribution in [0.4, 0.5) is 10.8 Å². The molecular formula is C21H21N3O4S. The molecule has 0 fully saturated rings. The number of aromatic nitrogens is 1. The summed E-state index contributed by atoms with van der Waals surface area (Å²) in [4.78, 5) is 27.2. The summed E-state index contributed by atoms with van der Waals surface area (Å²) in [5.41, 5.74) is 1.91. The van der Waals surface area contributed by atoms with E-state index in [1.165, 1.54) is 23.5 Å². The summed E-state index contributed by atoms with van der Waals surface area (Å²) >= 11 is 1.29. The van der Waals surface area contributed by atoms with Crippen LogP contribution in [0, 0.1) is 10.1 Å². The summed E-state index contributed by atoms with van der Waals surface area (Å²) in [6.45, 7) is 2.76. The van der Waals surface area contributed by atoms with Gasteiger partial charge in [0.1, 0.15) is 5.75 Å². The lowest BCUT2D eigenvalue weighted by molar-refractivity contribution is -0.384. The molecule has 8 heteroatoms. The van der Waals surface area contributed by atoms with Crippen molar-refractivity contribution in [1.82, 2.24) is 4.98 Å². The molecule has 0 atom stereocenters. The zero-order valence-electron chi connectivity index (χ0n) is 16.0. The van der Waals surface area contributed by atoms with Crippen LogP contribution in [0.1, 0.15) is 36.5 Å². The highest BCUT2D eigenvalue weighted by atomic mass is 32.1. The van der Waals surface area contributed by atoms with E-state index in [9.17, 15) is 14.9 Å². The molecule has 0 aliphatic heterocycles. The second-order valence-electron chi connectivity index (χ2n) is 6.38. The highest BCUT2D eigenvalue weighted by molar-refractivity contribution is 7.14. The molecular weight excluding hydrogens is 390 g/mol. The highest BCUT2D eigenvalue weighted by Gasteiger charge is 2.12. The lowest BCUT2D eigenvalue weighted by atomic mass is 10.1. The molecule has 0 radical (unpaired) electrons. The van der Waals surface area contributed by atoms with Crippen LogP contribution < -0.4 is 10.1 Å². The van der Waals surface area contributed by atoms with Crippen LogP contribution in [-0.4, -0.2) is 22.4 Å². The van der Waals surface area contributed by atoms with E-state index < -0.39 is 4.92 Å². The molecule has 1 heterocycles. The number of ether oxygens (including phenoxy) is 1. The molecule has 0 aliphatic carbocycles. The van der Waals surface area contributed by atoms with Gasteiger partial charge in [0, 0.05) is 28.6 Å². The van der Waals surface area contributed by atoms with Crippen LogP contribution in [-0.2, 0) is 0 Å². The van der Waals surface area contributed by atoms with Crippen molar-refractivity contribution in [3.63, 3.8) is 0 Å². The number of benzene rings is 2. The lowest BCUT2D eigenvalue weighted by Crippen LogP contribution is -2.11. The first-order valence-corrected chi connectivity index (χ1v) is 10.2. The Bertz CT molecular complexity index is 986. The van der Waals surface area contributed by atoms with Crippen molar-refractivity contribution in [3.05, 3.63) is 69.6 Å². The Kier molecular flexibility index (Phi) is 6.91. The molecule has 2 aromatic carbocycles. The first kappa shape index (κ1) is 20.5. The summed E-state index contributed by atoms with van der Waals surface area (Å²) in [5.74, 6) is 0.396. The Morgan fingerprint density at radius 2 is 2.00 bits per heavy atom. The number of rotatable bonds is 9. The van der Waals surface area contributed by atoms with Gasteiger partial charge in [-0.25, -0.2) is 4.98 Å². The van der Waals surface area contributed by atoms with Crippen LogP contribution in [0.2, 0.25) is 0 Å². The third-order valence-electron chi connectivity index (χ3n) is 4.21. The van der Waals surface area contributed by atoms with Gasteiger partial charge in [-0.1, -0.05) is 25.8 Å². The smallest absolute Gasteiger partial charge is 0.269 e. The first-order valence-electron chi connectivity index (χ1n) is 9.31. The van der Waals surface area contributed by atoms with Gasteiger partial charge in [0.25, 0.3) is 11.6 Å². The second kappa shape index (κ2) is 9.79. The number of carbonyl (C=O) groups excluding carboxylic acids is 1. The largest absolute Gasteiger partial charge is 0.494 e. The van der Waals surface area contributed by atoms with E-state index >= 15 is 0 Å². The first-order chi connectivity index (χ1) is 14.1. The van der Waals surface area contributed by atoms with Crippen molar-refractivity contribution >= 4 is 28.1 Å². The molecule has 3 aromatic rings. The number of amides is 1. The van der Waals surface area contributed by atoms with Crippen LogP contribution in [0.5, 0.6) is 5.75 Å². The Morgan fingerprint density at radius 3 is 2.72 bits per heavy atom. The molecule has 150 valence electrons. The third kappa shape index (κ3) is 5.61. The molecule has 0 saturated heterocycles. The maximum Gasteiger partial charge on any atom is 0.269 e. The Morgan fingerprint density at radius 1 is 1.21 bits per heavy atom. The van der Waals surface area contributed by atoms with Gasteiger partial charge in [-0.15, -0.1) is 11.3 Å². The van der Waals surface area contributed by atoms with Crippen LogP contribution in [0.3, 0.4) is 0 Å². The third-order valence-corrected chi connectivity index (χ3v) is 4.97. The zero-order chi connectivity index (χ0) is 20.6. The molecule has 1 amide bonds. The number of unbranched alkanes of at least 4 members (excludes halogenated alkanes) is 2. The van der Waals surface area contributed by atoms with Crippen molar-refractivity contribution in [1.29, 1.82) is 0 Å². The number of hydrogen-bond acceptors (Lipinski definition) is 6. The highest BCUT2D eigenvalue weighted by Crippen LogP contribution is 2.27. The average molecular weight is 411 g/mol. The Labute approximate surface area is 172 Å². The zero-order valence-corrected chi connectivity index (χ0v) is 16.8. The Balaban J connectivity index is 1.63. The summed E-state index contributed by atoms with van der Waals surface area (Å²) in [7, 11) is 0. The number of non-ortho nitro benzene ring substituents is 1. The van der Waals surface area contributed by atoms with Crippen LogP contribution in [0.15, 0.2) is 53.9 Å². The quantitative estimate of drug-likeness (QED) is 0.283. The van der Waals surface area contributed by atoms with Gasteiger partial charge in [-0.2, -0.15) is 0 Å². The molecule has 3 rings (SSSR count). The number of hydrogen-bond donors (Lipinski definition) is 1. The van der Waals surface area contributed by atoms with Crippen molar-refractivity contribution in [3.8, 4) is 17.0 Å². The Hall–Kier alpha value is -3.26. The normalized spacial score (nSPS) is 10.5. The molecule has 0 aliphatic rings. The molecule has 1 N–H and O–H groups in total. The monoisotopic (exact) mass is 411 g/mol. The molecule has 7 nitrogen and oxygen atoms in total. The molecule has 29 heavy (non-hydrogen) atoms. The summed E-state index contributed by atoms with van der Waals surface area (Å²) in [6, 6.07) is 13.2. The van der Waals surface area contributed by atoms with Crippen molar-refractivity contribution in [2.75, 3.05) is 11.9 Å². The number of carbonyl (C=O) groups is 1. The van der Waals surface area contributed by atoms with E-state index in [1.807, 2.05) is 6.07 Å². The van der Waals surface area contributed by atoms with E-state index in [4.69, 9.17) is 4.74 Å². The number of anilines is 1. The van der Waals surface area contributed by atoms with Gasteiger partial charge >= 0.3 is 0 Å². The SMILES string of the molecule is CCCCCOc1cccc(C(=O)Nc2nc(-c3ccc([N+](=O)[O-])cc3)cs2)c1. The molecule has 0 saturated carbocycles. The standard InChI is InChI=1S/C21H21N3O4S/c1-2-3-4-12-28-18-7-5-6-16(13-18)20(25)23-21-22-19(14-29-21)15-8-10-17(11-9-15)24(26)27/h5-11,13-14H,2-4,12H2,1H3,(H,22,23,25). The minimum atomic E-state index is -0.446. The minimum absolute atomic E-state index is 0.0225. The van der Waals surface area contributed by atoms with Gasteiger partial charge < -0.3 is 4.74 Å². The lowest BCUT2D eigenvalue weighted by Gasteiger charge is -2.07. The maximum absolute atomic E-state index is 12.5. The molecule has 0 bridgehead atoms. The molecule has 0 spiro atoms. The number of nitrogens with one attached hydrogen (secondary N) is 1. The van der Waals surface area contributed by atoms with E-state index in [0.717, 1.165) is 24.8 Å². The predicted molar refractivity (Wildman–Crippen MR) is 114 cm³/mol. The van der Waals surface area contributed by atoms with E-state index in [0.29, 0.717) is 28.7 Å². The topological polar surface area (TPSA) is 94.4 Å². The van der Waals surface area contributed by atoms with Gasteiger partial charge in [-0.3, -0.25) is 20.2 Å². The average Bonchev–Trinajstić information content (AvgIpc) is 3.20. The fraction of sp³-hybridized carbons (Fsp3) is 0.238. The van der Waals surface area contributed by atoms with Gasteiger partial charge in [0.15, 0.2) is 5.13 Å². The van der Waals surface area contributed by atoms with E-state index in [1.54, 1.807) is 35.7 Å². The fourth-order valence-electron chi connectivity index (χ4n) is 2.66. The molecule has 1 aromatic heterocycles. The fourth-order valence-corrected chi connectivity index (χ4v) is 3.37. The van der Waals surface area contributed by atoms with Gasteiger partial charge in [-0.05, 0) is 36.8 Å². The van der Waals surface area contributed by atoms with Crippen molar-refractivity contribution in [2.45, 2.75) is 26.2 Å². The summed E-state index contributed by atoms with van der Waals surface area (Å²) < 4.78 is 5.70. The van der Waals surface area contributed by atoms with Crippen LogP contribution >= 0.6 is 11.3 Å². The molecule has 0 unspecified atom stereocenters. The number of nitro benzene ring substituents is 1. The summed E-state index contributed by atoms with van der Waals surface area (Å²) in [5, 5.41) is 15.8. The second-order valence-corrected chi connectivity index (χ2v) is 7.24. The number of nitro groups is 1. The van der Waals surface area contributed by atoms with E-state index in [2.05, 4.69) is 17.2 Å². The predicted octanol–water partition coefficient (Wildman–Crippen LogP) is 5.54. The number of thiazole rings is 1. The van der Waals surface area contributed by atoms with Crippen molar-refractivity contribution in [2.24, 2.45) is 0 Å². The van der Waals surface area contributed by atoms with Crippen LogP contribution in [0.25, 0.3) is 11.3 Å². The van der Waals surface area contributed by atoms with Crippen molar-refractivity contribution < 1.29 is 14.5 Å². The minimum Gasteiger partial charge on any atom is -0.494 e. The van der Waals surface area contributed by atoms with Gasteiger partial charge in [0.05, 0.1) is 17.2 Å². The summed E-state index contributed by atoms with van der Waals surface area (Å²) in [6.07, 6.45) is 3.22. The maximum atomic E-state index is 12.5.